The molecule has 0 aromatic rings. The molecule has 79 heavy (non-hydrogen) atoms. The number of hydrogen-bond donors (Lipinski definition) is 0. The molecule has 0 aromatic heterocycles. The lowest BCUT2D eigenvalue weighted by Crippen LogP contribution is -2.37. The first kappa shape index (κ1) is 74.6. The van der Waals surface area contributed by atoms with Crippen LogP contribution in [0.1, 0.15) is 213 Å². The second-order valence-corrected chi connectivity index (χ2v) is 22.4. The first-order valence-corrected chi connectivity index (χ1v) is 32.2. The monoisotopic (exact) mass is 1110 g/mol. The minimum atomic E-state index is -4.66. The quantitative estimate of drug-likeness (QED) is 0.0195. The number of ether oxygens (including phenoxy) is 2. The van der Waals surface area contributed by atoms with Gasteiger partial charge in [0.15, 0.2) is 6.10 Å². The lowest BCUT2D eigenvalue weighted by molar-refractivity contribution is -0.870. The SMILES string of the molecule is CC/C=C\C/C=C\C/C=C\C/C=C\C/C=C\C/C=C\C/C=C\C/C=C\C/C=C\C/C=C\C/C=C\CCCCCC(=O)OC(COC(=O)CCCCCCCCC/C=C\C/C=C\CCCCCC)COP(=O)([O-])OCC[N+](C)(C)C. The van der Waals surface area contributed by atoms with Crippen molar-refractivity contribution in [3.63, 3.8) is 0 Å². The molecule has 446 valence electrons. The van der Waals surface area contributed by atoms with Crippen LogP contribution < -0.4 is 4.89 Å². The van der Waals surface area contributed by atoms with Crippen molar-refractivity contribution in [3.05, 3.63) is 158 Å². The molecule has 0 bridgehead atoms. The van der Waals surface area contributed by atoms with Crippen LogP contribution in [0.15, 0.2) is 158 Å². The molecule has 10 heteroatoms. The average molecular weight is 1110 g/mol. The normalized spacial score (nSPS) is 14.4. The zero-order chi connectivity index (χ0) is 57.7. The minimum Gasteiger partial charge on any atom is -0.756 e. The van der Waals surface area contributed by atoms with Gasteiger partial charge in [-0.05, 0) is 128 Å². The molecule has 0 N–H and O–H groups in total. The van der Waals surface area contributed by atoms with E-state index in [4.69, 9.17) is 18.5 Å². The van der Waals surface area contributed by atoms with Crippen LogP contribution >= 0.6 is 7.82 Å². The zero-order valence-corrected chi connectivity index (χ0v) is 51.4. The van der Waals surface area contributed by atoms with Crippen molar-refractivity contribution in [2.75, 3.05) is 47.5 Å². The van der Waals surface area contributed by atoms with Crippen LogP contribution in [0.3, 0.4) is 0 Å². The van der Waals surface area contributed by atoms with Gasteiger partial charge in [-0.3, -0.25) is 14.2 Å². The van der Waals surface area contributed by atoms with E-state index in [1.807, 2.05) is 21.1 Å². The van der Waals surface area contributed by atoms with E-state index in [0.717, 1.165) is 122 Å². The van der Waals surface area contributed by atoms with E-state index in [9.17, 15) is 19.0 Å². The van der Waals surface area contributed by atoms with E-state index < -0.39 is 32.5 Å². The molecule has 0 saturated carbocycles. The Morgan fingerprint density at radius 1 is 0.405 bits per heavy atom. The maximum Gasteiger partial charge on any atom is 0.306 e. The van der Waals surface area contributed by atoms with Gasteiger partial charge in [0.1, 0.15) is 19.8 Å². The number of unbranched alkanes of at least 4 members (excludes halogenated alkanes) is 14. The Hall–Kier alpha value is -4.37. The Morgan fingerprint density at radius 3 is 1.09 bits per heavy atom. The molecule has 9 nitrogen and oxygen atoms in total. The van der Waals surface area contributed by atoms with Crippen molar-refractivity contribution >= 4 is 19.8 Å². The van der Waals surface area contributed by atoms with E-state index in [0.29, 0.717) is 23.9 Å². The summed E-state index contributed by atoms with van der Waals surface area (Å²) in [7, 11) is 1.11. The number of likely N-dealkylation sites (N-methyl/N-ethyl adjacent to an activating group) is 1. The number of hydrogen-bond acceptors (Lipinski definition) is 8. The Bertz CT molecular complexity index is 1890. The molecule has 0 aliphatic carbocycles. The summed E-state index contributed by atoms with van der Waals surface area (Å²) < 4.78 is 34.1. The van der Waals surface area contributed by atoms with E-state index in [1.54, 1.807) is 0 Å². The summed E-state index contributed by atoms with van der Waals surface area (Å²) in [6.45, 7) is 4.03. The molecule has 2 atom stereocenters. The summed E-state index contributed by atoms with van der Waals surface area (Å²) in [6.07, 6.45) is 87.2. The number of nitrogens with zero attached hydrogens (tertiary/aromatic N) is 1. The second-order valence-electron chi connectivity index (χ2n) is 21.0. The summed E-state index contributed by atoms with van der Waals surface area (Å²) in [6, 6.07) is 0. The fraction of sp³-hybridized carbons (Fsp3) is 0.594. The third-order valence-electron chi connectivity index (χ3n) is 12.3. The summed E-state index contributed by atoms with van der Waals surface area (Å²) in [5, 5.41) is 0. The highest BCUT2D eigenvalue weighted by Crippen LogP contribution is 2.38. The smallest absolute Gasteiger partial charge is 0.306 e. The predicted octanol–water partition coefficient (Wildman–Crippen LogP) is 19.0. The van der Waals surface area contributed by atoms with Crippen LogP contribution in [0.2, 0.25) is 0 Å². The Balaban J connectivity index is 4.26. The molecule has 0 heterocycles. The van der Waals surface area contributed by atoms with Gasteiger partial charge in [-0.1, -0.05) is 230 Å². The number of esters is 2. The van der Waals surface area contributed by atoms with Crippen molar-refractivity contribution in [2.24, 2.45) is 0 Å². The van der Waals surface area contributed by atoms with Crippen LogP contribution in [0.4, 0.5) is 0 Å². The molecule has 0 aromatic carbocycles. The van der Waals surface area contributed by atoms with Crippen molar-refractivity contribution < 1.29 is 42.1 Å². The molecule has 0 rings (SSSR count). The predicted molar refractivity (Wildman–Crippen MR) is 337 cm³/mol. The molecule has 0 radical (unpaired) electrons. The molecular formula is C69H112NO8P. The van der Waals surface area contributed by atoms with Gasteiger partial charge in [-0.25, -0.2) is 0 Å². The maximum atomic E-state index is 12.8. The Morgan fingerprint density at radius 2 is 0.722 bits per heavy atom. The van der Waals surface area contributed by atoms with Gasteiger partial charge in [0.2, 0.25) is 0 Å². The topological polar surface area (TPSA) is 111 Å². The molecule has 0 saturated heterocycles. The van der Waals surface area contributed by atoms with Crippen molar-refractivity contribution in [1.82, 2.24) is 0 Å². The van der Waals surface area contributed by atoms with E-state index in [-0.39, 0.29) is 26.1 Å². The largest absolute Gasteiger partial charge is 0.756 e. The van der Waals surface area contributed by atoms with Crippen LogP contribution in [0.25, 0.3) is 0 Å². The third kappa shape index (κ3) is 62.7. The standard InChI is InChI=1S/C69H112NO8P/c1-6-8-10-12-14-16-18-20-22-24-26-27-28-29-30-31-32-33-34-35-36-37-38-39-40-41-42-43-44-46-48-50-52-54-56-58-60-62-69(72)78-67(66-77-79(73,74)76-64-63-70(3,4)5)65-75-68(71)61-59-57-55-53-51-49-47-45-25-23-21-19-17-15-13-11-9-7-2/h8,10,14,16-17,19-20,22-23,25-27,29-30,32-33,35-36,38-39,41-42,44,46,50,52,67H,6-7,9,11-13,15,18,21,24,28,31,34,37,40,43,45,47-49,51,53-66H2,1-5H3/b10-8-,16-14-,19-17-,22-20-,25-23-,27-26-,30-29-,33-32-,36-35-,39-38-,42-41-,46-44-,52-50-. The molecular weight excluding hydrogens is 1000 g/mol. The number of quaternary nitrogens is 1. The fourth-order valence-corrected chi connectivity index (χ4v) is 8.30. The molecule has 0 spiro atoms. The van der Waals surface area contributed by atoms with Crippen LogP contribution in [0.5, 0.6) is 0 Å². The summed E-state index contributed by atoms with van der Waals surface area (Å²) in [4.78, 5) is 37.9. The first-order chi connectivity index (χ1) is 38.5. The Labute approximate surface area is 484 Å². The molecule has 0 aliphatic rings. The van der Waals surface area contributed by atoms with Crippen molar-refractivity contribution in [1.29, 1.82) is 0 Å². The highest BCUT2D eigenvalue weighted by atomic mass is 31.2. The maximum absolute atomic E-state index is 12.8. The highest BCUT2D eigenvalue weighted by molar-refractivity contribution is 7.45. The third-order valence-corrected chi connectivity index (χ3v) is 13.2. The number of rotatable bonds is 54. The van der Waals surface area contributed by atoms with Gasteiger partial charge < -0.3 is 27.9 Å². The van der Waals surface area contributed by atoms with Crippen molar-refractivity contribution in [2.45, 2.75) is 219 Å². The number of carbonyl (C=O) groups excluding carboxylic acids is 2. The number of phosphoric ester groups is 1. The average Bonchev–Trinajstić information content (AvgIpc) is 3.41. The molecule has 2 unspecified atom stereocenters. The Kier molecular flexibility index (Phi) is 55.1. The zero-order valence-electron chi connectivity index (χ0n) is 50.5. The van der Waals surface area contributed by atoms with Crippen LogP contribution in [-0.2, 0) is 32.7 Å². The van der Waals surface area contributed by atoms with E-state index in [2.05, 4.69) is 172 Å². The highest BCUT2D eigenvalue weighted by Gasteiger charge is 2.21. The fourth-order valence-electron chi connectivity index (χ4n) is 7.57. The first-order valence-electron chi connectivity index (χ1n) is 30.7. The number of allylic oxidation sites excluding steroid dienone is 26. The van der Waals surface area contributed by atoms with Gasteiger partial charge in [0.05, 0.1) is 27.7 Å². The van der Waals surface area contributed by atoms with Gasteiger partial charge >= 0.3 is 11.9 Å². The van der Waals surface area contributed by atoms with Crippen molar-refractivity contribution in [3.8, 4) is 0 Å². The summed E-state index contributed by atoms with van der Waals surface area (Å²) >= 11 is 0. The minimum absolute atomic E-state index is 0.0478. The van der Waals surface area contributed by atoms with E-state index in [1.165, 1.54) is 51.4 Å². The second kappa shape index (κ2) is 58.3. The summed E-state index contributed by atoms with van der Waals surface area (Å²) in [5.74, 6) is -0.893. The lowest BCUT2D eigenvalue weighted by atomic mass is 10.1. The number of phosphoric acid groups is 1. The lowest BCUT2D eigenvalue weighted by Gasteiger charge is -2.28. The van der Waals surface area contributed by atoms with E-state index >= 15 is 0 Å². The van der Waals surface area contributed by atoms with Gasteiger partial charge in [-0.15, -0.1) is 0 Å². The molecule has 0 fully saturated rings. The van der Waals surface area contributed by atoms with Gasteiger partial charge in [0.25, 0.3) is 7.82 Å². The number of carbonyl (C=O) groups is 2. The molecule has 0 aliphatic heterocycles. The van der Waals surface area contributed by atoms with Gasteiger partial charge in [-0.2, -0.15) is 0 Å². The van der Waals surface area contributed by atoms with Gasteiger partial charge in [0, 0.05) is 12.8 Å². The summed E-state index contributed by atoms with van der Waals surface area (Å²) in [5.41, 5.74) is 0. The van der Waals surface area contributed by atoms with Crippen LogP contribution in [0, 0.1) is 0 Å². The molecule has 0 amide bonds. The van der Waals surface area contributed by atoms with Crippen LogP contribution in [-0.4, -0.2) is 70.0 Å².